The van der Waals surface area contributed by atoms with Crippen LogP contribution in [0.5, 0.6) is 0 Å². The molecule has 0 saturated heterocycles. The molecule has 0 aliphatic carbocycles. The van der Waals surface area contributed by atoms with Crippen LogP contribution in [0.25, 0.3) is 11.0 Å². The van der Waals surface area contributed by atoms with E-state index in [-0.39, 0.29) is 34.5 Å². The number of hydrogen-bond donors (Lipinski definition) is 1. The van der Waals surface area contributed by atoms with Crippen LogP contribution in [0.3, 0.4) is 0 Å². The Balaban J connectivity index is 0.00000220. The molecule has 0 atom stereocenters. The number of aromatic nitrogens is 2. The number of H-pyrrole nitrogens is 1. The van der Waals surface area contributed by atoms with E-state index in [1.807, 2.05) is 0 Å². The summed E-state index contributed by atoms with van der Waals surface area (Å²) in [7, 11) is -4.41. The first-order valence-electron chi connectivity index (χ1n) is 6.95. The molecule has 0 amide bonds. The van der Waals surface area contributed by atoms with Gasteiger partial charge in [0.25, 0.3) is 0 Å². The molecule has 21 heavy (non-hydrogen) atoms. The van der Waals surface area contributed by atoms with E-state index >= 15 is 0 Å². The molecule has 0 saturated carbocycles. The molecule has 2 aromatic rings. The van der Waals surface area contributed by atoms with Gasteiger partial charge in [-0.3, -0.25) is 0 Å². The molecule has 0 radical (unpaired) electrons. The maximum Gasteiger partial charge on any atom is 1.00 e. The molecule has 1 N–H and O–H groups in total. The maximum atomic E-state index is 11.0. The average molecular weight is 318 g/mol. The molecule has 0 spiro atoms. The van der Waals surface area contributed by atoms with E-state index in [9.17, 15) is 13.0 Å². The zero-order valence-corrected chi connectivity index (χ0v) is 15.4. The number of benzene rings is 1. The van der Waals surface area contributed by atoms with Crippen LogP contribution in [0.1, 0.15) is 44.9 Å². The van der Waals surface area contributed by atoms with Crippen LogP contribution in [-0.4, -0.2) is 22.9 Å². The summed E-state index contributed by atoms with van der Waals surface area (Å²) in [4.78, 5) is 7.27. The summed E-state index contributed by atoms with van der Waals surface area (Å²) in [5.41, 5.74) is 1.30. The van der Waals surface area contributed by atoms with Gasteiger partial charge < -0.3 is 9.54 Å². The standard InChI is InChI=1S/C14H20N2O3S.Na/c1-2-3-4-5-6-7-14-15-12-9-8-11(20(17,18)19)10-13(12)16-14;/h8-10H,2-7H2,1H3,(H,15,16)(H,17,18,19);/q;+1/p-1. The minimum atomic E-state index is -4.41. The average Bonchev–Trinajstić information content (AvgIpc) is 2.79. The smallest absolute Gasteiger partial charge is 0.744 e. The summed E-state index contributed by atoms with van der Waals surface area (Å²) in [6.45, 7) is 2.18. The second-order valence-corrected chi connectivity index (χ2v) is 6.36. The Morgan fingerprint density at radius 3 is 2.57 bits per heavy atom. The van der Waals surface area contributed by atoms with Crippen molar-refractivity contribution >= 4 is 21.2 Å². The van der Waals surface area contributed by atoms with E-state index < -0.39 is 10.1 Å². The van der Waals surface area contributed by atoms with Gasteiger partial charge in [-0.15, -0.1) is 0 Å². The maximum absolute atomic E-state index is 11.0. The molecule has 0 aliphatic heterocycles. The van der Waals surface area contributed by atoms with Gasteiger partial charge in [0, 0.05) is 6.42 Å². The van der Waals surface area contributed by atoms with Gasteiger partial charge in [0.15, 0.2) is 0 Å². The van der Waals surface area contributed by atoms with Crippen molar-refractivity contribution in [2.75, 3.05) is 0 Å². The third-order valence-corrected chi connectivity index (χ3v) is 4.14. The Morgan fingerprint density at radius 1 is 1.19 bits per heavy atom. The third kappa shape index (κ3) is 5.38. The van der Waals surface area contributed by atoms with Gasteiger partial charge in [-0.1, -0.05) is 32.6 Å². The third-order valence-electron chi connectivity index (χ3n) is 3.31. The van der Waals surface area contributed by atoms with Crippen LogP contribution >= 0.6 is 0 Å². The van der Waals surface area contributed by atoms with E-state index in [0.29, 0.717) is 11.0 Å². The monoisotopic (exact) mass is 318 g/mol. The van der Waals surface area contributed by atoms with Gasteiger partial charge in [0.05, 0.1) is 15.9 Å². The molecule has 1 heterocycles. The van der Waals surface area contributed by atoms with Crippen molar-refractivity contribution in [1.82, 2.24) is 9.97 Å². The van der Waals surface area contributed by atoms with Crippen LogP contribution in [0.2, 0.25) is 0 Å². The van der Waals surface area contributed by atoms with E-state index in [4.69, 9.17) is 0 Å². The molecule has 2 rings (SSSR count). The van der Waals surface area contributed by atoms with Crippen LogP contribution < -0.4 is 29.6 Å². The fourth-order valence-corrected chi connectivity index (χ4v) is 2.71. The van der Waals surface area contributed by atoms with Gasteiger partial charge >= 0.3 is 29.6 Å². The molecular formula is C14H19N2NaO3S. The number of aromatic amines is 1. The summed E-state index contributed by atoms with van der Waals surface area (Å²) in [6.07, 6.45) is 6.78. The van der Waals surface area contributed by atoms with Crippen molar-refractivity contribution < 1.29 is 42.5 Å². The van der Waals surface area contributed by atoms with Crippen LogP contribution in [0.15, 0.2) is 23.1 Å². The number of imidazole rings is 1. The molecule has 5 nitrogen and oxygen atoms in total. The first-order chi connectivity index (χ1) is 9.50. The molecule has 0 fully saturated rings. The minimum absolute atomic E-state index is 0. The Labute approximate surface area is 147 Å². The predicted octanol–water partition coefficient (Wildman–Crippen LogP) is -0.0161. The first-order valence-corrected chi connectivity index (χ1v) is 8.36. The van der Waals surface area contributed by atoms with Gasteiger partial charge in [-0.05, 0) is 24.6 Å². The molecule has 110 valence electrons. The molecule has 0 unspecified atom stereocenters. The Morgan fingerprint density at radius 2 is 1.90 bits per heavy atom. The van der Waals surface area contributed by atoms with Gasteiger partial charge in [-0.25, -0.2) is 13.4 Å². The molecule has 1 aromatic carbocycles. The van der Waals surface area contributed by atoms with Crippen molar-refractivity contribution in [3.05, 3.63) is 24.0 Å². The van der Waals surface area contributed by atoms with Crippen molar-refractivity contribution in [3.8, 4) is 0 Å². The van der Waals surface area contributed by atoms with Gasteiger partial charge in [-0.2, -0.15) is 0 Å². The first kappa shape index (κ1) is 18.6. The van der Waals surface area contributed by atoms with Crippen LogP contribution in [0, 0.1) is 0 Å². The molecule has 1 aromatic heterocycles. The second kappa shape index (κ2) is 8.29. The van der Waals surface area contributed by atoms with Crippen molar-refractivity contribution in [1.29, 1.82) is 0 Å². The Hall–Kier alpha value is -0.400. The zero-order chi connectivity index (χ0) is 14.6. The predicted molar refractivity (Wildman–Crippen MR) is 76.5 cm³/mol. The van der Waals surface area contributed by atoms with E-state index in [2.05, 4.69) is 16.9 Å². The van der Waals surface area contributed by atoms with Crippen molar-refractivity contribution in [3.63, 3.8) is 0 Å². The van der Waals surface area contributed by atoms with E-state index in [1.165, 1.54) is 37.8 Å². The van der Waals surface area contributed by atoms with E-state index in [1.54, 1.807) is 6.07 Å². The zero-order valence-electron chi connectivity index (χ0n) is 12.6. The molecular weight excluding hydrogens is 299 g/mol. The second-order valence-electron chi connectivity index (χ2n) is 4.98. The summed E-state index contributed by atoms with van der Waals surface area (Å²) in [6, 6.07) is 4.22. The summed E-state index contributed by atoms with van der Waals surface area (Å²) in [5.74, 6) is 0.844. The normalized spacial score (nSPS) is 11.5. The summed E-state index contributed by atoms with van der Waals surface area (Å²) < 4.78 is 32.9. The van der Waals surface area contributed by atoms with Gasteiger partial charge in [0.1, 0.15) is 15.9 Å². The van der Waals surface area contributed by atoms with E-state index in [0.717, 1.165) is 18.7 Å². The van der Waals surface area contributed by atoms with Crippen molar-refractivity contribution in [2.45, 2.75) is 50.3 Å². The van der Waals surface area contributed by atoms with Crippen LogP contribution in [0.4, 0.5) is 0 Å². The quantitative estimate of drug-likeness (QED) is 0.442. The summed E-state index contributed by atoms with van der Waals surface area (Å²) in [5, 5.41) is 0. The number of hydrogen-bond acceptors (Lipinski definition) is 4. The SMILES string of the molecule is CCCCCCCc1nc2ccc(S(=O)(=O)[O-])cc2[nH]1.[Na+]. The molecule has 0 bridgehead atoms. The Bertz CT molecular complexity index is 683. The van der Waals surface area contributed by atoms with Crippen LogP contribution in [-0.2, 0) is 16.5 Å². The molecule has 7 heteroatoms. The van der Waals surface area contributed by atoms with Gasteiger partial charge in [0.2, 0.25) is 0 Å². The molecule has 0 aliphatic rings. The number of nitrogens with zero attached hydrogens (tertiary/aromatic N) is 1. The number of fused-ring (bicyclic) bond motifs is 1. The minimum Gasteiger partial charge on any atom is -0.744 e. The fourth-order valence-electron chi connectivity index (χ4n) is 2.21. The van der Waals surface area contributed by atoms with Crippen molar-refractivity contribution in [2.24, 2.45) is 0 Å². The number of aryl methyl sites for hydroxylation is 1. The Kier molecular flexibility index (Phi) is 7.36. The fraction of sp³-hybridized carbons (Fsp3) is 0.500. The number of rotatable bonds is 7. The summed E-state index contributed by atoms with van der Waals surface area (Å²) >= 11 is 0. The topological polar surface area (TPSA) is 85.9 Å². The largest absolute Gasteiger partial charge is 1.00 e. The number of nitrogens with one attached hydrogen (secondary N) is 1. The number of unbranched alkanes of at least 4 members (excludes halogenated alkanes) is 4.